The molecule has 0 saturated carbocycles. The van der Waals surface area contributed by atoms with Crippen LogP contribution in [0.1, 0.15) is 11.1 Å². The first kappa shape index (κ1) is 44.4. The van der Waals surface area contributed by atoms with Gasteiger partial charge in [0.2, 0.25) is 11.6 Å². The van der Waals surface area contributed by atoms with Crippen LogP contribution in [0, 0.1) is 0 Å². The number of carbonyl (C=O) groups is 2. The number of fused-ring (bicyclic) bond motifs is 1. The molecular weight excluding hydrogens is 905 g/mol. The molecule has 0 N–H and O–H groups in total. The fourth-order valence-electron chi connectivity index (χ4n) is 5.11. The second-order valence-electron chi connectivity index (χ2n) is 11.3. The van der Waals surface area contributed by atoms with Gasteiger partial charge in [-0.3, -0.25) is 9.59 Å². The number of ketones is 2. The summed E-state index contributed by atoms with van der Waals surface area (Å²) in [6, 6.07) is 3.87. The summed E-state index contributed by atoms with van der Waals surface area (Å²) in [4.78, 5) is 24.6. The third-order valence-corrected chi connectivity index (χ3v) is 10.5. The van der Waals surface area contributed by atoms with Crippen LogP contribution in [0.25, 0.3) is 16.5 Å². The molecule has 0 atom stereocenters. The van der Waals surface area contributed by atoms with Crippen molar-refractivity contribution in [2.24, 2.45) is 0 Å². The molecule has 4 rings (SSSR count). The van der Waals surface area contributed by atoms with Crippen LogP contribution < -0.4 is 0 Å². The molecule has 26 heteroatoms. The fourth-order valence-corrected chi connectivity index (χ4v) is 7.05. The zero-order valence-corrected chi connectivity index (χ0v) is 29.2. The monoisotopic (exact) mass is 919 g/mol. The maximum atomic E-state index is 15.2. The summed E-state index contributed by atoms with van der Waals surface area (Å²) in [5, 5.41) is -0.237. The third-order valence-electron chi connectivity index (χ3n) is 8.10. The number of rotatable bonds is 12. The fraction of sp³-hybridized carbons (Fsp3) is 0.333. The third kappa shape index (κ3) is 5.85. The number of para-hydroxylation sites is 1. The topological polar surface area (TPSA) is 91.7 Å². The number of halogens is 18. The van der Waals surface area contributed by atoms with Crippen molar-refractivity contribution < 1.29 is 102 Å². The van der Waals surface area contributed by atoms with Gasteiger partial charge in [0.25, 0.3) is 10.0 Å². The largest absolute Gasteiger partial charge is 0.492 e. The van der Waals surface area contributed by atoms with Gasteiger partial charge in [-0.15, -0.1) is 0 Å². The maximum absolute atomic E-state index is 15.2. The minimum Gasteiger partial charge on any atom is -0.492 e. The van der Waals surface area contributed by atoms with E-state index in [0.717, 1.165) is 32.4 Å². The van der Waals surface area contributed by atoms with E-state index in [9.17, 15) is 83.9 Å². The quantitative estimate of drug-likeness (QED) is 0.133. The lowest BCUT2D eigenvalue weighted by molar-refractivity contribution is -0.462. The van der Waals surface area contributed by atoms with Gasteiger partial charge < -0.3 is 9.47 Å². The lowest BCUT2D eigenvalue weighted by Gasteiger charge is -2.42. The number of nitrogens with zero attached hydrogens (tertiary/aromatic N) is 1. The second kappa shape index (κ2) is 13.4. The first-order valence-corrected chi connectivity index (χ1v) is 16.4. The van der Waals surface area contributed by atoms with Crippen molar-refractivity contribution in [1.82, 2.24) is 3.97 Å². The number of benzene rings is 2. The Balaban J connectivity index is 1.88. The standard InChI is InChI=1S/C30H15BrF17NO6S/c1-54-21-17(19(50)22(55-2)18(31)20(21)51)15-11-49(16-9-4-3-8-14(15)16)56(52,53)13-7-5-6-12(10-13)23(32,33)24(34,35)25(36,37)26(38,39)27(40,41)28(42,43)29(44,45)30(46,47)48/h3-11H,1-2H3. The molecule has 3 aromatic rings. The number of aromatic nitrogens is 1. The van der Waals surface area contributed by atoms with Crippen molar-refractivity contribution in [2.75, 3.05) is 14.2 Å². The highest BCUT2D eigenvalue weighted by Crippen LogP contribution is 2.65. The van der Waals surface area contributed by atoms with Gasteiger partial charge in [0.05, 0.1) is 30.2 Å². The molecule has 0 unspecified atom stereocenters. The molecule has 7 nitrogen and oxygen atoms in total. The van der Waals surface area contributed by atoms with Crippen molar-refractivity contribution in [3.63, 3.8) is 0 Å². The minimum absolute atomic E-state index is 0.0732. The first-order valence-electron chi connectivity index (χ1n) is 14.2. The number of carbonyl (C=O) groups excluding carboxylic acids is 2. The van der Waals surface area contributed by atoms with Gasteiger partial charge in [-0.1, -0.05) is 30.3 Å². The molecule has 0 fully saturated rings. The summed E-state index contributed by atoms with van der Waals surface area (Å²) in [6.07, 6.45) is -7.36. The zero-order valence-electron chi connectivity index (χ0n) is 26.8. The number of hydrogen-bond donors (Lipinski definition) is 0. The lowest BCUT2D eigenvalue weighted by Crippen LogP contribution is -2.74. The van der Waals surface area contributed by atoms with E-state index in [4.69, 9.17) is 9.47 Å². The molecule has 0 aliphatic heterocycles. The Bertz CT molecular complexity index is 2300. The van der Waals surface area contributed by atoms with Crippen LogP contribution in [0.15, 0.2) is 75.6 Å². The normalized spacial score (nSPS) is 16.3. The first-order chi connectivity index (χ1) is 25.2. The summed E-state index contributed by atoms with van der Waals surface area (Å²) >= 11 is 2.84. The summed E-state index contributed by atoms with van der Waals surface area (Å²) < 4.78 is 273. The molecule has 0 radical (unpaired) electrons. The Morgan fingerprint density at radius 2 is 1.09 bits per heavy atom. The lowest BCUT2D eigenvalue weighted by atomic mass is 9.87. The van der Waals surface area contributed by atoms with Crippen LogP contribution in [0.2, 0.25) is 0 Å². The van der Waals surface area contributed by atoms with Gasteiger partial charge in [0, 0.05) is 22.7 Å². The van der Waals surface area contributed by atoms with Gasteiger partial charge in [0.1, 0.15) is 4.48 Å². The van der Waals surface area contributed by atoms with Crippen LogP contribution in [0.4, 0.5) is 74.6 Å². The Kier molecular flexibility index (Phi) is 10.6. The number of alkyl halides is 17. The van der Waals surface area contributed by atoms with Crippen molar-refractivity contribution in [2.45, 2.75) is 52.5 Å². The van der Waals surface area contributed by atoms with E-state index in [2.05, 4.69) is 15.9 Å². The highest BCUT2D eigenvalue weighted by atomic mass is 79.9. The SMILES string of the molecule is COC1=C(Br)C(=O)C(OC)=C(c2cn(S(=O)(=O)c3cccc(C(F)(F)C(F)(F)C(F)(F)C(F)(F)C(F)(F)C(F)(F)C(F)(F)C(F)(F)F)c3)c3ccccc23)C1=O. The van der Waals surface area contributed by atoms with Gasteiger partial charge >= 0.3 is 47.6 Å². The van der Waals surface area contributed by atoms with Crippen LogP contribution in [0.3, 0.4) is 0 Å². The summed E-state index contributed by atoms with van der Waals surface area (Å²) in [6.45, 7) is 0. The number of hydrogen-bond acceptors (Lipinski definition) is 6. The molecule has 1 aliphatic carbocycles. The molecule has 0 amide bonds. The van der Waals surface area contributed by atoms with Gasteiger partial charge in [-0.05, 0) is 34.1 Å². The van der Waals surface area contributed by atoms with Gasteiger partial charge in [0.15, 0.2) is 11.5 Å². The van der Waals surface area contributed by atoms with Crippen LogP contribution in [-0.4, -0.2) is 79.9 Å². The van der Waals surface area contributed by atoms with E-state index >= 15 is 8.78 Å². The van der Waals surface area contributed by atoms with Crippen LogP contribution in [0.5, 0.6) is 0 Å². The van der Waals surface area contributed by atoms with Crippen molar-refractivity contribution in [1.29, 1.82) is 0 Å². The molecule has 1 aromatic heterocycles. The van der Waals surface area contributed by atoms with E-state index < -0.39 is 118 Å². The smallest absolute Gasteiger partial charge is 0.460 e. The van der Waals surface area contributed by atoms with Crippen molar-refractivity contribution in [3.8, 4) is 0 Å². The maximum Gasteiger partial charge on any atom is 0.460 e. The molecule has 308 valence electrons. The van der Waals surface area contributed by atoms with E-state index in [1.54, 1.807) is 0 Å². The van der Waals surface area contributed by atoms with E-state index in [1.807, 2.05) is 0 Å². The molecular formula is C30H15BrF17NO6S. The summed E-state index contributed by atoms with van der Waals surface area (Å²) in [5.41, 5.74) is -4.38. The van der Waals surface area contributed by atoms with Gasteiger partial charge in [-0.25, -0.2) is 12.4 Å². The van der Waals surface area contributed by atoms with E-state index in [-0.39, 0.29) is 21.5 Å². The van der Waals surface area contributed by atoms with Crippen molar-refractivity contribution >= 4 is 54.0 Å². The Morgan fingerprint density at radius 3 is 1.59 bits per heavy atom. The van der Waals surface area contributed by atoms with Crippen LogP contribution in [-0.2, 0) is 35.0 Å². The molecule has 0 spiro atoms. The number of ether oxygens (including phenoxy) is 2. The van der Waals surface area contributed by atoms with Gasteiger partial charge in [-0.2, -0.15) is 74.6 Å². The molecule has 56 heavy (non-hydrogen) atoms. The molecule has 0 bridgehead atoms. The average Bonchev–Trinajstić information content (AvgIpc) is 3.49. The highest BCUT2D eigenvalue weighted by Gasteiger charge is 2.95. The minimum atomic E-state index is -8.85. The second-order valence-corrected chi connectivity index (χ2v) is 13.9. The Hall–Kier alpha value is -4.36. The van der Waals surface area contributed by atoms with E-state index in [0.29, 0.717) is 12.3 Å². The highest BCUT2D eigenvalue weighted by molar-refractivity contribution is 9.12. The molecule has 1 heterocycles. The Morgan fingerprint density at radius 1 is 0.607 bits per heavy atom. The summed E-state index contributed by atoms with van der Waals surface area (Å²) in [7, 11) is -3.68. The van der Waals surface area contributed by atoms with E-state index in [1.165, 1.54) is 6.07 Å². The van der Waals surface area contributed by atoms with Crippen molar-refractivity contribution in [3.05, 3.63) is 81.9 Å². The number of methoxy groups -OCH3 is 2. The zero-order chi connectivity index (χ0) is 43.2. The molecule has 2 aromatic carbocycles. The predicted octanol–water partition coefficient (Wildman–Crippen LogP) is 9.11. The number of Topliss-reactive ketones (excluding diaryl/α,β-unsaturated/α-hetero) is 2. The Labute approximate surface area is 308 Å². The molecule has 1 aliphatic rings. The summed E-state index contributed by atoms with van der Waals surface area (Å²) in [5.74, 6) is -62.0. The predicted molar refractivity (Wildman–Crippen MR) is 157 cm³/mol. The average molecular weight is 920 g/mol. The number of allylic oxidation sites excluding steroid dienone is 2. The molecule has 0 saturated heterocycles. The van der Waals surface area contributed by atoms with Crippen LogP contribution >= 0.6 is 15.9 Å².